The number of fused-ring (bicyclic) bond motifs is 1. The second-order valence-electron chi connectivity index (χ2n) is 10.7. The highest BCUT2D eigenvalue weighted by Gasteiger charge is 2.28. The van der Waals surface area contributed by atoms with Crippen molar-refractivity contribution in [2.45, 2.75) is 19.5 Å². The average Bonchev–Trinajstić information content (AvgIpc) is 3.69. The van der Waals surface area contributed by atoms with Crippen LogP contribution < -0.4 is 21.5 Å². The number of H-pyrrole nitrogens is 1. The van der Waals surface area contributed by atoms with E-state index in [1.165, 1.54) is 23.0 Å². The minimum atomic E-state index is -1.23. The van der Waals surface area contributed by atoms with Gasteiger partial charge in [0.1, 0.15) is 11.6 Å². The molecule has 0 bridgehead atoms. The molecule has 2 aromatic heterocycles. The third-order valence-electron chi connectivity index (χ3n) is 7.63. The molecule has 1 aliphatic rings. The maximum atomic E-state index is 13.9. The van der Waals surface area contributed by atoms with E-state index >= 15 is 0 Å². The van der Waals surface area contributed by atoms with Gasteiger partial charge in [0.15, 0.2) is 11.6 Å². The summed E-state index contributed by atoms with van der Waals surface area (Å²) in [5.74, 6) is -3.82. The summed E-state index contributed by atoms with van der Waals surface area (Å²) in [7, 11) is 0. The molecule has 1 atom stereocenters. The Balaban J connectivity index is 1.29. The molecule has 3 heterocycles. The Labute approximate surface area is 274 Å². The molecule has 13 heteroatoms. The summed E-state index contributed by atoms with van der Waals surface area (Å²) in [5.41, 5.74) is 2.75. The van der Waals surface area contributed by atoms with Crippen molar-refractivity contribution >= 4 is 56.7 Å². The summed E-state index contributed by atoms with van der Waals surface area (Å²) in [4.78, 5) is 60.5. The largest absolute Gasteiger partial charge is 0.345 e. The second-order valence-corrected chi connectivity index (χ2v) is 11.6. The maximum Gasteiger partial charge on any atom is 0.263 e. The van der Waals surface area contributed by atoms with Crippen molar-refractivity contribution in [3.05, 3.63) is 145 Å². The molecule has 3 aromatic carbocycles. The predicted octanol–water partition coefficient (Wildman–Crippen LogP) is 5.57. The first-order chi connectivity index (χ1) is 22.6. The van der Waals surface area contributed by atoms with Crippen LogP contribution in [0.4, 0.5) is 20.2 Å². The number of hydrogen-bond donors (Lipinski definition) is 4. The normalized spacial score (nSPS) is 13.6. The first-order valence-electron chi connectivity index (χ1n) is 14.3. The van der Waals surface area contributed by atoms with E-state index in [9.17, 15) is 28.0 Å². The van der Waals surface area contributed by atoms with Crippen LogP contribution in [0.5, 0.6) is 0 Å². The SMILES string of the molecule is Cc1c(Br)cc(C(=O)N[C@@H](C(=O)Nc2ccc3c(c2)/C(=C/c2cnc[nH]2)C(=O)N3)c2ccccc2)c(=O)n1Cc1ccc(F)c(F)c1. The van der Waals surface area contributed by atoms with Crippen LogP contribution in [-0.4, -0.2) is 32.3 Å². The topological polar surface area (TPSA) is 138 Å². The van der Waals surface area contributed by atoms with Crippen LogP contribution in [0.25, 0.3) is 11.6 Å². The van der Waals surface area contributed by atoms with Crippen LogP contribution >= 0.6 is 15.9 Å². The van der Waals surface area contributed by atoms with Crippen molar-refractivity contribution in [1.82, 2.24) is 19.9 Å². The molecule has 0 unspecified atom stereocenters. The number of imidazole rings is 1. The van der Waals surface area contributed by atoms with Gasteiger partial charge in [-0.05, 0) is 76.5 Å². The van der Waals surface area contributed by atoms with Gasteiger partial charge in [-0.2, -0.15) is 0 Å². The van der Waals surface area contributed by atoms with Crippen LogP contribution in [0.15, 0.2) is 94.6 Å². The van der Waals surface area contributed by atoms with E-state index in [0.29, 0.717) is 49.5 Å². The quantitative estimate of drug-likeness (QED) is 0.157. The number of halogens is 3. The van der Waals surface area contributed by atoms with Crippen LogP contribution in [0.3, 0.4) is 0 Å². The molecule has 0 radical (unpaired) electrons. The fraction of sp³-hybridized carbons (Fsp3) is 0.0882. The zero-order valence-electron chi connectivity index (χ0n) is 24.6. The fourth-order valence-electron chi connectivity index (χ4n) is 5.17. The molecule has 0 saturated carbocycles. The number of benzene rings is 3. The van der Waals surface area contributed by atoms with Gasteiger partial charge < -0.3 is 25.5 Å². The van der Waals surface area contributed by atoms with Gasteiger partial charge in [0.25, 0.3) is 23.3 Å². The van der Waals surface area contributed by atoms with Crippen molar-refractivity contribution in [3.8, 4) is 0 Å². The Bertz CT molecular complexity index is 2130. The van der Waals surface area contributed by atoms with E-state index in [4.69, 9.17) is 0 Å². The number of aromatic nitrogens is 3. The number of anilines is 2. The molecule has 10 nitrogen and oxygen atoms in total. The van der Waals surface area contributed by atoms with Gasteiger partial charge in [-0.1, -0.05) is 36.4 Å². The zero-order valence-corrected chi connectivity index (χ0v) is 26.2. The summed E-state index contributed by atoms with van der Waals surface area (Å²) in [6, 6.07) is 16.8. The summed E-state index contributed by atoms with van der Waals surface area (Å²) >= 11 is 3.38. The van der Waals surface area contributed by atoms with E-state index in [0.717, 1.165) is 12.1 Å². The Hall–Kier alpha value is -5.69. The van der Waals surface area contributed by atoms with Crippen molar-refractivity contribution in [1.29, 1.82) is 0 Å². The molecule has 0 spiro atoms. The number of carbonyl (C=O) groups excluding carboxylic acids is 3. The van der Waals surface area contributed by atoms with Gasteiger partial charge in [0, 0.05) is 27.1 Å². The molecule has 236 valence electrons. The van der Waals surface area contributed by atoms with Crippen LogP contribution in [0.2, 0.25) is 0 Å². The first kappa shape index (κ1) is 31.3. The van der Waals surface area contributed by atoms with Crippen LogP contribution in [-0.2, 0) is 16.1 Å². The van der Waals surface area contributed by atoms with E-state index < -0.39 is 35.0 Å². The highest BCUT2D eigenvalue weighted by Crippen LogP contribution is 2.35. The summed E-state index contributed by atoms with van der Waals surface area (Å²) in [5, 5.41) is 8.28. The van der Waals surface area contributed by atoms with Gasteiger partial charge in [0.05, 0.1) is 30.3 Å². The van der Waals surface area contributed by atoms with Crippen molar-refractivity contribution in [2.24, 2.45) is 0 Å². The number of amides is 3. The Morgan fingerprint density at radius 1 is 1.02 bits per heavy atom. The maximum absolute atomic E-state index is 13.9. The standard InChI is InChI=1S/C34H25BrF2N6O4/c1-18-26(35)14-25(34(47)43(18)16-19-7-9-27(36)28(37)11-19)32(45)42-30(20-5-3-2-4-6-20)33(46)40-21-8-10-29-23(12-21)24(31(44)41-29)13-22-15-38-17-39-22/h2-15,17,30H,16H2,1H3,(H,38,39)(H,40,46)(H,41,44)(H,42,45)/b24-13-/t30-/m1/s1. The summed E-state index contributed by atoms with van der Waals surface area (Å²) in [6.45, 7) is 1.51. The van der Waals surface area contributed by atoms with Gasteiger partial charge in [-0.3, -0.25) is 19.2 Å². The van der Waals surface area contributed by atoms with Gasteiger partial charge >= 0.3 is 0 Å². The lowest BCUT2D eigenvalue weighted by atomic mass is 10.0. The molecule has 1 aliphatic heterocycles. The predicted molar refractivity (Wildman–Crippen MR) is 175 cm³/mol. The average molecular weight is 700 g/mol. The van der Waals surface area contributed by atoms with Crippen LogP contribution in [0, 0.1) is 18.6 Å². The fourth-order valence-corrected chi connectivity index (χ4v) is 5.62. The zero-order chi connectivity index (χ0) is 33.2. The minimum absolute atomic E-state index is 0.128. The number of carbonyl (C=O) groups is 3. The first-order valence-corrected chi connectivity index (χ1v) is 15.0. The molecule has 0 saturated heterocycles. The van der Waals surface area contributed by atoms with Gasteiger partial charge in [-0.25, -0.2) is 13.8 Å². The Morgan fingerprint density at radius 3 is 2.53 bits per heavy atom. The molecule has 3 amide bonds. The highest BCUT2D eigenvalue weighted by molar-refractivity contribution is 9.10. The lowest BCUT2D eigenvalue weighted by Crippen LogP contribution is -2.40. The third kappa shape index (κ3) is 6.51. The summed E-state index contributed by atoms with van der Waals surface area (Å²) < 4.78 is 29.1. The van der Waals surface area contributed by atoms with Crippen molar-refractivity contribution in [3.63, 3.8) is 0 Å². The molecule has 47 heavy (non-hydrogen) atoms. The van der Waals surface area contributed by atoms with Gasteiger partial charge in [-0.15, -0.1) is 0 Å². The lowest BCUT2D eigenvalue weighted by molar-refractivity contribution is -0.118. The van der Waals surface area contributed by atoms with Crippen molar-refractivity contribution in [2.75, 3.05) is 10.6 Å². The minimum Gasteiger partial charge on any atom is -0.345 e. The van der Waals surface area contributed by atoms with E-state index in [1.807, 2.05) is 0 Å². The summed E-state index contributed by atoms with van der Waals surface area (Å²) in [6.07, 6.45) is 4.71. The monoisotopic (exact) mass is 698 g/mol. The Kier molecular flexibility index (Phi) is 8.63. The number of hydrogen-bond acceptors (Lipinski definition) is 5. The third-order valence-corrected chi connectivity index (χ3v) is 8.43. The number of aromatic amines is 1. The number of nitrogens with zero attached hydrogens (tertiary/aromatic N) is 2. The second kappa shape index (κ2) is 13.0. The molecule has 4 N–H and O–H groups in total. The van der Waals surface area contributed by atoms with Crippen molar-refractivity contribution < 1.29 is 23.2 Å². The van der Waals surface area contributed by atoms with Gasteiger partial charge in [0.2, 0.25) is 0 Å². The van der Waals surface area contributed by atoms with E-state index in [2.05, 4.69) is 41.8 Å². The Morgan fingerprint density at radius 2 is 1.81 bits per heavy atom. The molecular formula is C34H25BrF2N6O4. The molecular weight excluding hydrogens is 674 g/mol. The molecule has 6 rings (SSSR count). The van der Waals surface area contributed by atoms with E-state index in [1.54, 1.807) is 67.7 Å². The molecule has 0 aliphatic carbocycles. The lowest BCUT2D eigenvalue weighted by Gasteiger charge is -2.20. The number of rotatable bonds is 8. The molecule has 0 fully saturated rings. The van der Waals surface area contributed by atoms with E-state index in [-0.39, 0.29) is 18.0 Å². The number of nitrogens with one attached hydrogen (secondary N) is 4. The highest BCUT2D eigenvalue weighted by atomic mass is 79.9. The van der Waals surface area contributed by atoms with Crippen LogP contribution in [0.1, 0.15) is 44.5 Å². The number of pyridine rings is 1. The molecule has 5 aromatic rings. The smallest absolute Gasteiger partial charge is 0.263 e.